The number of benzene rings is 1. The Labute approximate surface area is 172 Å². The third-order valence-electron chi connectivity index (χ3n) is 3.75. The molecule has 0 saturated heterocycles. The minimum Gasteiger partial charge on any atom is -0.481 e. The van der Waals surface area contributed by atoms with Gasteiger partial charge in [-0.25, -0.2) is 4.79 Å². The largest absolute Gasteiger partial charge is 0.481 e. The highest BCUT2D eigenvalue weighted by Gasteiger charge is 2.18. The number of para-hydroxylation sites is 1. The first-order valence-corrected chi connectivity index (χ1v) is 9.76. The predicted octanol–water partition coefficient (Wildman–Crippen LogP) is 2.33. The Hall–Kier alpha value is -2.77. The highest BCUT2D eigenvalue weighted by atomic mass is 16.6. The Balaban J connectivity index is 2.30. The highest BCUT2D eigenvalue weighted by Crippen LogP contribution is 2.26. The third kappa shape index (κ3) is 9.82. The molecule has 1 aromatic carbocycles. The molecule has 0 aromatic heterocycles. The summed E-state index contributed by atoms with van der Waals surface area (Å²) in [7, 11) is 0. The molecule has 0 heterocycles. The molecule has 29 heavy (non-hydrogen) atoms. The van der Waals surface area contributed by atoms with Crippen LogP contribution in [-0.4, -0.2) is 49.2 Å². The number of hydrogen-bond donors (Lipinski definition) is 3. The molecule has 0 aliphatic heterocycles. The van der Waals surface area contributed by atoms with Crippen LogP contribution in [0.5, 0.6) is 5.75 Å². The Morgan fingerprint density at radius 3 is 2.21 bits per heavy atom. The average Bonchev–Trinajstić information content (AvgIpc) is 2.62. The van der Waals surface area contributed by atoms with Gasteiger partial charge in [0, 0.05) is 13.1 Å². The maximum Gasteiger partial charge on any atom is 0.408 e. The van der Waals surface area contributed by atoms with E-state index >= 15 is 0 Å². The molecule has 0 aliphatic carbocycles. The van der Waals surface area contributed by atoms with Gasteiger partial charge in [-0.2, -0.15) is 0 Å². The molecule has 0 bridgehead atoms. The van der Waals surface area contributed by atoms with Gasteiger partial charge in [0.2, 0.25) is 5.91 Å². The summed E-state index contributed by atoms with van der Waals surface area (Å²) < 4.78 is 10.8. The standard InChI is InChI=1S/C21H33N3O5/c1-14(2)16-9-7-8-10-17(16)28-15(3)19(26)23-12-11-22-18(25)13-24-20(27)29-21(4,5)6/h7-10,14-15H,11-13H2,1-6H3,(H,22,25)(H,23,26)(H,24,27). The molecular formula is C21H33N3O5. The SMILES string of the molecule is CC(Oc1ccccc1C(C)C)C(=O)NCCNC(=O)CNC(=O)OC(C)(C)C. The number of alkyl carbamates (subject to hydrolysis) is 1. The van der Waals surface area contributed by atoms with Crippen LogP contribution >= 0.6 is 0 Å². The topological polar surface area (TPSA) is 106 Å². The number of carbonyl (C=O) groups excluding carboxylic acids is 3. The Bertz CT molecular complexity index is 698. The van der Waals surface area contributed by atoms with Gasteiger partial charge < -0.3 is 25.4 Å². The van der Waals surface area contributed by atoms with Crippen LogP contribution in [0.1, 0.15) is 53.0 Å². The van der Waals surface area contributed by atoms with Gasteiger partial charge in [0.15, 0.2) is 6.10 Å². The summed E-state index contributed by atoms with van der Waals surface area (Å²) in [4.78, 5) is 35.4. The quantitative estimate of drug-likeness (QED) is 0.545. The Morgan fingerprint density at radius 2 is 1.59 bits per heavy atom. The molecule has 3 amide bonds. The van der Waals surface area contributed by atoms with E-state index in [-0.39, 0.29) is 37.4 Å². The molecule has 0 aliphatic rings. The number of carbonyl (C=O) groups is 3. The minimum atomic E-state index is -0.667. The third-order valence-corrected chi connectivity index (χ3v) is 3.75. The summed E-state index contributed by atoms with van der Waals surface area (Å²) in [5, 5.41) is 7.68. The van der Waals surface area contributed by atoms with Gasteiger partial charge in [0.05, 0.1) is 6.54 Å². The monoisotopic (exact) mass is 407 g/mol. The zero-order valence-corrected chi connectivity index (χ0v) is 18.1. The average molecular weight is 408 g/mol. The van der Waals surface area contributed by atoms with Gasteiger partial charge in [-0.3, -0.25) is 9.59 Å². The fourth-order valence-corrected chi connectivity index (χ4v) is 2.37. The molecule has 1 atom stereocenters. The van der Waals surface area contributed by atoms with Gasteiger partial charge in [0.1, 0.15) is 11.4 Å². The Morgan fingerprint density at radius 1 is 0.966 bits per heavy atom. The number of nitrogens with one attached hydrogen (secondary N) is 3. The summed E-state index contributed by atoms with van der Waals surface area (Å²) >= 11 is 0. The summed E-state index contributed by atoms with van der Waals surface area (Å²) in [5.74, 6) is 0.322. The van der Waals surface area contributed by atoms with Crippen molar-refractivity contribution in [1.29, 1.82) is 0 Å². The second-order valence-corrected chi connectivity index (χ2v) is 7.95. The van der Waals surface area contributed by atoms with Gasteiger partial charge >= 0.3 is 6.09 Å². The van der Waals surface area contributed by atoms with Crippen molar-refractivity contribution in [3.63, 3.8) is 0 Å². The molecule has 1 aromatic rings. The van der Waals surface area contributed by atoms with Crippen molar-refractivity contribution in [2.45, 2.75) is 59.2 Å². The van der Waals surface area contributed by atoms with Crippen LogP contribution in [0.25, 0.3) is 0 Å². The van der Waals surface area contributed by atoms with Crippen molar-refractivity contribution in [2.75, 3.05) is 19.6 Å². The first-order chi connectivity index (χ1) is 13.5. The molecular weight excluding hydrogens is 374 g/mol. The molecule has 8 nitrogen and oxygen atoms in total. The van der Waals surface area contributed by atoms with E-state index in [0.717, 1.165) is 5.56 Å². The Kier molecular flexibility index (Phi) is 9.44. The van der Waals surface area contributed by atoms with Crippen LogP contribution in [0.2, 0.25) is 0 Å². The molecule has 0 radical (unpaired) electrons. The second-order valence-electron chi connectivity index (χ2n) is 7.95. The van der Waals surface area contributed by atoms with Crippen LogP contribution in [0.4, 0.5) is 4.79 Å². The smallest absolute Gasteiger partial charge is 0.408 e. The molecule has 0 saturated carbocycles. The van der Waals surface area contributed by atoms with Crippen molar-refractivity contribution >= 4 is 17.9 Å². The number of rotatable bonds is 9. The maximum atomic E-state index is 12.2. The van der Waals surface area contributed by atoms with Crippen molar-refractivity contribution in [3.05, 3.63) is 29.8 Å². The van der Waals surface area contributed by atoms with Crippen molar-refractivity contribution in [2.24, 2.45) is 0 Å². The first kappa shape index (κ1) is 24.3. The fourth-order valence-electron chi connectivity index (χ4n) is 2.37. The van der Waals surface area contributed by atoms with E-state index in [1.54, 1.807) is 27.7 Å². The molecule has 1 rings (SSSR count). The van der Waals surface area contributed by atoms with Crippen molar-refractivity contribution < 1.29 is 23.9 Å². The number of ether oxygens (including phenoxy) is 2. The normalized spacial score (nSPS) is 12.1. The van der Waals surface area contributed by atoms with E-state index in [9.17, 15) is 14.4 Å². The lowest BCUT2D eigenvalue weighted by molar-refractivity contribution is -0.127. The van der Waals surface area contributed by atoms with Crippen LogP contribution < -0.4 is 20.7 Å². The van der Waals surface area contributed by atoms with Crippen LogP contribution in [0, 0.1) is 0 Å². The van der Waals surface area contributed by atoms with E-state index in [1.807, 2.05) is 24.3 Å². The fraction of sp³-hybridized carbons (Fsp3) is 0.571. The second kappa shape index (κ2) is 11.3. The minimum absolute atomic E-state index is 0.200. The molecule has 0 fully saturated rings. The first-order valence-electron chi connectivity index (χ1n) is 9.76. The lowest BCUT2D eigenvalue weighted by Crippen LogP contribution is -2.43. The van der Waals surface area contributed by atoms with Gasteiger partial charge in [-0.1, -0.05) is 32.0 Å². The molecule has 3 N–H and O–H groups in total. The highest BCUT2D eigenvalue weighted by molar-refractivity contribution is 5.82. The van der Waals surface area contributed by atoms with Crippen molar-refractivity contribution in [1.82, 2.24) is 16.0 Å². The molecule has 8 heteroatoms. The zero-order chi connectivity index (χ0) is 22.0. The van der Waals surface area contributed by atoms with Crippen LogP contribution in [0.15, 0.2) is 24.3 Å². The van der Waals surface area contributed by atoms with Gasteiger partial charge in [0.25, 0.3) is 5.91 Å². The summed E-state index contributed by atoms with van der Waals surface area (Å²) in [6.07, 6.45) is -1.33. The van der Waals surface area contributed by atoms with Crippen LogP contribution in [0.3, 0.4) is 0 Å². The van der Waals surface area contributed by atoms with E-state index in [2.05, 4.69) is 29.8 Å². The van der Waals surface area contributed by atoms with E-state index in [1.165, 1.54) is 0 Å². The summed E-state index contributed by atoms with van der Waals surface area (Å²) in [5.41, 5.74) is 0.413. The van der Waals surface area contributed by atoms with Gasteiger partial charge in [-0.05, 0) is 45.2 Å². The number of amides is 3. The summed E-state index contributed by atoms with van der Waals surface area (Å²) in [6, 6.07) is 7.63. The van der Waals surface area contributed by atoms with Crippen LogP contribution in [-0.2, 0) is 14.3 Å². The summed E-state index contributed by atoms with van der Waals surface area (Å²) in [6.45, 7) is 11.3. The predicted molar refractivity (Wildman–Crippen MR) is 111 cm³/mol. The number of hydrogen-bond acceptors (Lipinski definition) is 5. The maximum absolute atomic E-state index is 12.2. The lowest BCUT2D eigenvalue weighted by atomic mass is 10.0. The van der Waals surface area contributed by atoms with E-state index < -0.39 is 17.8 Å². The van der Waals surface area contributed by atoms with Gasteiger partial charge in [-0.15, -0.1) is 0 Å². The lowest BCUT2D eigenvalue weighted by Gasteiger charge is -2.19. The zero-order valence-electron chi connectivity index (χ0n) is 18.1. The van der Waals surface area contributed by atoms with E-state index in [0.29, 0.717) is 5.75 Å². The molecule has 1 unspecified atom stereocenters. The van der Waals surface area contributed by atoms with E-state index in [4.69, 9.17) is 9.47 Å². The molecule has 162 valence electrons. The molecule has 0 spiro atoms. The van der Waals surface area contributed by atoms with Crippen molar-refractivity contribution in [3.8, 4) is 5.75 Å².